The molecule has 102 valence electrons. The maximum atomic E-state index is 9.24. The number of nitriles is 1. The van der Waals surface area contributed by atoms with E-state index in [1.54, 1.807) is 0 Å². The number of likely N-dealkylation sites (tertiary alicyclic amines) is 1. The third-order valence-electron chi connectivity index (χ3n) is 3.87. The largest absolute Gasteiger partial charge is 0.382 e. The maximum Gasteiger partial charge on any atom is 0.103 e. The van der Waals surface area contributed by atoms with Gasteiger partial charge in [0.25, 0.3) is 0 Å². The van der Waals surface area contributed by atoms with Crippen molar-refractivity contribution in [3.05, 3.63) is 23.0 Å². The van der Waals surface area contributed by atoms with Gasteiger partial charge in [-0.05, 0) is 45.8 Å². The fourth-order valence-corrected chi connectivity index (χ4v) is 2.88. The zero-order valence-corrected chi connectivity index (χ0v) is 12.0. The Morgan fingerprint density at radius 3 is 3.00 bits per heavy atom. The van der Waals surface area contributed by atoms with Crippen LogP contribution in [-0.2, 0) is 0 Å². The zero-order valence-electron chi connectivity index (χ0n) is 12.0. The fraction of sp³-hybridized carbons (Fsp3) is 0.600. The highest BCUT2D eigenvalue weighted by Gasteiger charge is 2.22. The lowest BCUT2D eigenvalue weighted by Crippen LogP contribution is -2.34. The molecule has 0 aliphatic carbocycles. The Labute approximate surface area is 115 Å². The average molecular weight is 258 g/mol. The van der Waals surface area contributed by atoms with Crippen LogP contribution in [0.3, 0.4) is 0 Å². The first-order valence-corrected chi connectivity index (χ1v) is 7.02. The molecular formula is C15H22N4. The minimum absolute atomic E-state index is 0.588. The van der Waals surface area contributed by atoms with Crippen LogP contribution in [0.5, 0.6) is 0 Å². The molecule has 1 unspecified atom stereocenters. The van der Waals surface area contributed by atoms with Gasteiger partial charge in [0.1, 0.15) is 6.07 Å². The summed E-state index contributed by atoms with van der Waals surface area (Å²) in [6.45, 7) is 9.28. The lowest BCUT2D eigenvalue weighted by atomic mass is 10.1. The molecule has 4 heteroatoms. The summed E-state index contributed by atoms with van der Waals surface area (Å²) in [5, 5.41) is 12.7. The third-order valence-corrected chi connectivity index (χ3v) is 3.87. The Kier molecular flexibility index (Phi) is 4.39. The predicted molar refractivity (Wildman–Crippen MR) is 77.2 cm³/mol. The van der Waals surface area contributed by atoms with Crippen molar-refractivity contribution in [2.75, 3.05) is 25.0 Å². The van der Waals surface area contributed by atoms with Crippen molar-refractivity contribution in [2.45, 2.75) is 39.7 Å². The van der Waals surface area contributed by atoms with Crippen molar-refractivity contribution in [1.29, 1.82) is 5.26 Å². The van der Waals surface area contributed by atoms with Crippen molar-refractivity contribution in [3.8, 4) is 6.07 Å². The lowest BCUT2D eigenvalue weighted by Gasteiger charge is -2.23. The molecule has 0 spiro atoms. The highest BCUT2D eigenvalue weighted by atomic mass is 15.2. The van der Waals surface area contributed by atoms with E-state index in [1.165, 1.54) is 19.4 Å². The van der Waals surface area contributed by atoms with Crippen molar-refractivity contribution in [2.24, 2.45) is 0 Å². The second-order valence-corrected chi connectivity index (χ2v) is 5.19. The second-order valence-electron chi connectivity index (χ2n) is 5.19. The van der Waals surface area contributed by atoms with Crippen LogP contribution < -0.4 is 5.32 Å². The summed E-state index contributed by atoms with van der Waals surface area (Å²) in [5.74, 6) is 0. The minimum Gasteiger partial charge on any atom is -0.382 e. The van der Waals surface area contributed by atoms with E-state index in [2.05, 4.69) is 28.2 Å². The Balaban J connectivity index is 2.09. The molecule has 0 aromatic carbocycles. The highest BCUT2D eigenvalue weighted by Crippen LogP contribution is 2.21. The van der Waals surface area contributed by atoms with Gasteiger partial charge in [-0.3, -0.25) is 9.88 Å². The summed E-state index contributed by atoms with van der Waals surface area (Å²) < 4.78 is 0. The van der Waals surface area contributed by atoms with Gasteiger partial charge in [0, 0.05) is 18.3 Å². The number of pyridine rings is 1. The van der Waals surface area contributed by atoms with Crippen LogP contribution >= 0.6 is 0 Å². The first kappa shape index (κ1) is 13.8. The number of hydrogen-bond acceptors (Lipinski definition) is 4. The Morgan fingerprint density at radius 2 is 2.32 bits per heavy atom. The van der Waals surface area contributed by atoms with Gasteiger partial charge in [-0.15, -0.1) is 0 Å². The molecule has 0 radical (unpaired) electrons. The number of nitrogens with one attached hydrogen (secondary N) is 1. The van der Waals surface area contributed by atoms with Gasteiger partial charge in [0.2, 0.25) is 0 Å². The molecule has 1 aromatic rings. The number of aromatic nitrogens is 1. The van der Waals surface area contributed by atoms with Crippen molar-refractivity contribution in [1.82, 2.24) is 9.88 Å². The molecule has 1 aliphatic rings. The van der Waals surface area contributed by atoms with Crippen LogP contribution in [0.15, 0.2) is 6.07 Å². The van der Waals surface area contributed by atoms with E-state index in [0.717, 1.165) is 30.2 Å². The Hall–Kier alpha value is -1.60. The fourth-order valence-electron chi connectivity index (χ4n) is 2.88. The van der Waals surface area contributed by atoms with Gasteiger partial charge in [-0.25, -0.2) is 0 Å². The van der Waals surface area contributed by atoms with Crippen molar-refractivity contribution < 1.29 is 0 Å². The molecule has 1 aliphatic heterocycles. The first-order valence-electron chi connectivity index (χ1n) is 7.02. The third kappa shape index (κ3) is 3.05. The number of nitrogens with zero attached hydrogens (tertiary/aromatic N) is 3. The molecule has 2 heterocycles. The molecule has 0 amide bonds. The summed E-state index contributed by atoms with van der Waals surface area (Å²) in [6.07, 6.45) is 2.52. The summed E-state index contributed by atoms with van der Waals surface area (Å²) in [7, 11) is 0. The molecule has 0 saturated carbocycles. The predicted octanol–water partition coefficient (Wildman–Crippen LogP) is 2.47. The van der Waals surface area contributed by atoms with Crippen molar-refractivity contribution in [3.63, 3.8) is 0 Å². The lowest BCUT2D eigenvalue weighted by molar-refractivity contribution is 0.277. The summed E-state index contributed by atoms with van der Waals surface area (Å²) in [6, 6.07) is 4.81. The number of aryl methyl sites for hydroxylation is 2. The van der Waals surface area contributed by atoms with Gasteiger partial charge in [0.05, 0.1) is 16.9 Å². The summed E-state index contributed by atoms with van der Waals surface area (Å²) in [4.78, 5) is 6.84. The van der Waals surface area contributed by atoms with E-state index in [0.29, 0.717) is 11.6 Å². The smallest absolute Gasteiger partial charge is 0.103 e. The van der Waals surface area contributed by atoms with Gasteiger partial charge >= 0.3 is 0 Å². The Morgan fingerprint density at radius 1 is 1.53 bits per heavy atom. The normalized spacial score (nSPS) is 19.4. The van der Waals surface area contributed by atoms with Crippen LogP contribution in [0.4, 0.5) is 5.69 Å². The van der Waals surface area contributed by atoms with E-state index in [9.17, 15) is 5.26 Å². The van der Waals surface area contributed by atoms with Gasteiger partial charge in [-0.1, -0.05) is 6.92 Å². The van der Waals surface area contributed by atoms with E-state index >= 15 is 0 Å². The molecule has 1 N–H and O–H groups in total. The molecule has 0 bridgehead atoms. The van der Waals surface area contributed by atoms with Gasteiger partial charge in [-0.2, -0.15) is 5.26 Å². The number of rotatable bonds is 4. The van der Waals surface area contributed by atoms with E-state index < -0.39 is 0 Å². The minimum atomic E-state index is 0.588. The van der Waals surface area contributed by atoms with Crippen LogP contribution in [0.1, 0.15) is 36.7 Å². The van der Waals surface area contributed by atoms with Gasteiger partial charge < -0.3 is 5.32 Å². The topological polar surface area (TPSA) is 52.0 Å². The molecular weight excluding hydrogens is 236 g/mol. The quantitative estimate of drug-likeness (QED) is 0.901. The van der Waals surface area contributed by atoms with E-state index in [4.69, 9.17) is 0 Å². The standard InChI is InChI=1S/C15H22N4/c1-4-19-7-5-6-13(19)10-17-15-8-11(2)18-12(3)14(15)9-16/h8,13H,4-7,10H2,1-3H3,(H,17,18). The molecule has 19 heavy (non-hydrogen) atoms. The zero-order chi connectivity index (χ0) is 13.8. The van der Waals surface area contributed by atoms with Crippen LogP contribution in [0.25, 0.3) is 0 Å². The van der Waals surface area contributed by atoms with Crippen LogP contribution in [-0.4, -0.2) is 35.6 Å². The number of anilines is 1. The summed E-state index contributed by atoms with van der Waals surface area (Å²) in [5.41, 5.74) is 3.36. The van der Waals surface area contributed by atoms with Gasteiger partial charge in [0.15, 0.2) is 0 Å². The first-order chi connectivity index (χ1) is 9.15. The highest BCUT2D eigenvalue weighted by molar-refractivity contribution is 5.59. The van der Waals surface area contributed by atoms with Crippen molar-refractivity contribution >= 4 is 5.69 Å². The SMILES string of the molecule is CCN1CCCC1CNc1cc(C)nc(C)c1C#N. The summed E-state index contributed by atoms with van der Waals surface area (Å²) >= 11 is 0. The number of hydrogen-bond donors (Lipinski definition) is 1. The molecule has 4 nitrogen and oxygen atoms in total. The van der Waals surface area contributed by atoms with E-state index in [1.807, 2.05) is 19.9 Å². The Bertz CT molecular complexity index is 490. The molecule has 2 rings (SSSR count). The molecule has 1 saturated heterocycles. The van der Waals surface area contributed by atoms with E-state index in [-0.39, 0.29) is 0 Å². The molecule has 1 atom stereocenters. The van der Waals surface area contributed by atoms with Crippen LogP contribution in [0, 0.1) is 25.2 Å². The van der Waals surface area contributed by atoms with Crippen LogP contribution in [0.2, 0.25) is 0 Å². The molecule has 1 aromatic heterocycles. The average Bonchev–Trinajstić information content (AvgIpc) is 2.83. The maximum absolute atomic E-state index is 9.24. The second kappa shape index (κ2) is 6.03. The monoisotopic (exact) mass is 258 g/mol. The number of likely N-dealkylation sites (N-methyl/N-ethyl adjacent to an activating group) is 1. The molecule has 1 fully saturated rings.